The van der Waals surface area contributed by atoms with Crippen LogP contribution < -0.4 is 5.32 Å². The van der Waals surface area contributed by atoms with Crippen molar-refractivity contribution in [2.75, 3.05) is 11.9 Å². The lowest BCUT2D eigenvalue weighted by molar-refractivity contribution is 0.0652. The molecule has 2 aromatic rings. The average molecular weight is 520 g/mol. The molecule has 0 bridgehead atoms. The van der Waals surface area contributed by atoms with Crippen molar-refractivity contribution in [1.29, 1.82) is 0 Å². The molecule has 0 saturated heterocycles. The van der Waals surface area contributed by atoms with Gasteiger partial charge in [0.05, 0.1) is 0 Å². The number of anilines is 1. The number of phenolic OH excluding ortho intramolecular Hbond substituents is 1. The van der Waals surface area contributed by atoms with Crippen molar-refractivity contribution in [3.05, 3.63) is 56.1 Å². The van der Waals surface area contributed by atoms with Crippen molar-refractivity contribution in [3.63, 3.8) is 0 Å². The number of ether oxygens (including phenoxy) is 1. The van der Waals surface area contributed by atoms with E-state index in [0.717, 1.165) is 8.04 Å². The Kier molecular flexibility index (Phi) is 7.52. The summed E-state index contributed by atoms with van der Waals surface area (Å²) in [7, 11) is 0. The number of hydrogen-bond acceptors (Lipinski definition) is 4. The zero-order valence-electron chi connectivity index (χ0n) is 13.6. The summed E-state index contributed by atoms with van der Waals surface area (Å²) in [5.74, 6) is -0.101. The average Bonchev–Trinajstić information content (AvgIpc) is 2.57. The highest BCUT2D eigenvalue weighted by Crippen LogP contribution is 2.35. The number of hydrogen-bond donors (Lipinski definition) is 3. The number of aromatic hydroxyl groups is 1. The quantitative estimate of drug-likeness (QED) is 0.466. The van der Waals surface area contributed by atoms with Crippen LogP contribution in [0.4, 0.5) is 10.5 Å². The van der Waals surface area contributed by atoms with Gasteiger partial charge in [-0.1, -0.05) is 22.9 Å². The maximum absolute atomic E-state index is 12.3. The number of carbonyl (C=O) groups is 1. The molecule has 2 atom stereocenters. The van der Waals surface area contributed by atoms with Crippen LogP contribution in [0, 0.1) is 9.49 Å². The lowest BCUT2D eigenvalue weighted by Crippen LogP contribution is -2.22. The monoisotopic (exact) mass is 519 g/mol. The number of carbonyl (C=O) groups excluding carboxylic acids is 1. The van der Waals surface area contributed by atoms with Crippen molar-refractivity contribution >= 4 is 50.3 Å². The Morgan fingerprint density at radius 3 is 2.60 bits per heavy atom. The van der Waals surface area contributed by atoms with E-state index in [1.165, 1.54) is 0 Å². The third-order valence-corrected chi connectivity index (χ3v) is 4.92. The van der Waals surface area contributed by atoms with Crippen LogP contribution in [-0.4, -0.2) is 22.9 Å². The van der Waals surface area contributed by atoms with Crippen molar-refractivity contribution in [2.24, 2.45) is 5.92 Å². The second kappa shape index (κ2) is 9.40. The maximum Gasteiger partial charge on any atom is 0.412 e. The first-order valence-electron chi connectivity index (χ1n) is 7.73. The predicted octanol–water partition coefficient (Wildman–Crippen LogP) is 5.07. The second-order valence-corrected chi connectivity index (χ2v) is 7.81. The SMILES string of the molecule is C[C@H](CCO)[C@@H](OC(=O)Nc1ccc(Br)cc1)c1cc(I)ccc1O. The van der Waals surface area contributed by atoms with E-state index in [4.69, 9.17) is 4.74 Å². The molecule has 0 aliphatic rings. The zero-order valence-corrected chi connectivity index (χ0v) is 17.3. The fourth-order valence-electron chi connectivity index (χ4n) is 2.39. The van der Waals surface area contributed by atoms with Gasteiger partial charge in [0.2, 0.25) is 0 Å². The Morgan fingerprint density at radius 1 is 1.28 bits per heavy atom. The highest BCUT2D eigenvalue weighted by molar-refractivity contribution is 14.1. The molecule has 5 nitrogen and oxygen atoms in total. The lowest BCUT2D eigenvalue weighted by atomic mass is 9.94. The van der Waals surface area contributed by atoms with Gasteiger partial charge in [-0.2, -0.15) is 0 Å². The molecule has 0 radical (unpaired) electrons. The normalized spacial score (nSPS) is 13.1. The largest absolute Gasteiger partial charge is 0.508 e. The molecule has 1 amide bonds. The Labute approximate surface area is 168 Å². The number of aliphatic hydroxyl groups excluding tert-OH is 1. The Balaban J connectivity index is 2.19. The molecular weight excluding hydrogens is 501 g/mol. The van der Waals surface area contributed by atoms with Crippen LogP contribution in [0.3, 0.4) is 0 Å². The van der Waals surface area contributed by atoms with E-state index in [1.54, 1.807) is 30.3 Å². The van der Waals surface area contributed by atoms with E-state index in [9.17, 15) is 15.0 Å². The Hall–Kier alpha value is -1.32. The molecule has 0 heterocycles. The second-order valence-electron chi connectivity index (χ2n) is 5.65. The molecular formula is C18H19BrINO4. The first kappa shape index (κ1) is 20.0. The van der Waals surface area contributed by atoms with Crippen LogP contribution >= 0.6 is 38.5 Å². The predicted molar refractivity (Wildman–Crippen MR) is 109 cm³/mol. The minimum Gasteiger partial charge on any atom is -0.508 e. The molecule has 2 aromatic carbocycles. The molecule has 0 fully saturated rings. The number of benzene rings is 2. The molecule has 0 aromatic heterocycles. The number of aliphatic hydroxyl groups is 1. The molecule has 3 N–H and O–H groups in total. The van der Waals surface area contributed by atoms with E-state index in [1.807, 2.05) is 19.1 Å². The highest BCUT2D eigenvalue weighted by atomic mass is 127. The van der Waals surface area contributed by atoms with Crippen LogP contribution in [0.15, 0.2) is 46.9 Å². The molecule has 7 heteroatoms. The van der Waals surface area contributed by atoms with Gasteiger partial charge in [0.15, 0.2) is 0 Å². The fourth-order valence-corrected chi connectivity index (χ4v) is 3.17. The van der Waals surface area contributed by atoms with Gasteiger partial charge in [-0.05, 0) is 77.4 Å². The van der Waals surface area contributed by atoms with Crippen LogP contribution in [0.5, 0.6) is 5.75 Å². The van der Waals surface area contributed by atoms with Gasteiger partial charge >= 0.3 is 6.09 Å². The fraction of sp³-hybridized carbons (Fsp3) is 0.278. The first-order chi connectivity index (χ1) is 11.9. The summed E-state index contributed by atoms with van der Waals surface area (Å²) < 4.78 is 7.41. The van der Waals surface area contributed by atoms with Crippen LogP contribution in [0.1, 0.15) is 25.0 Å². The van der Waals surface area contributed by atoms with Gasteiger partial charge in [-0.3, -0.25) is 5.32 Å². The van der Waals surface area contributed by atoms with Gasteiger partial charge in [0.1, 0.15) is 11.9 Å². The molecule has 0 aliphatic carbocycles. The standard InChI is InChI=1S/C18H19BrINO4/c1-11(8-9-22)17(15-10-13(20)4-7-16(15)23)25-18(24)21-14-5-2-12(19)3-6-14/h2-7,10-11,17,22-23H,8-9H2,1H3,(H,21,24)/t11-,17-/m1/s1. The summed E-state index contributed by atoms with van der Waals surface area (Å²) in [6.45, 7) is 1.84. The van der Waals surface area contributed by atoms with Gasteiger partial charge in [-0.15, -0.1) is 0 Å². The lowest BCUT2D eigenvalue weighted by Gasteiger charge is -2.25. The molecule has 0 spiro atoms. The van der Waals surface area contributed by atoms with Crippen LogP contribution in [0.2, 0.25) is 0 Å². The highest BCUT2D eigenvalue weighted by Gasteiger charge is 2.26. The van der Waals surface area contributed by atoms with Crippen molar-refractivity contribution in [2.45, 2.75) is 19.4 Å². The van der Waals surface area contributed by atoms with Crippen LogP contribution in [-0.2, 0) is 4.74 Å². The molecule has 0 unspecified atom stereocenters. The van der Waals surface area contributed by atoms with Gasteiger partial charge in [-0.25, -0.2) is 4.79 Å². The molecule has 134 valence electrons. The molecule has 0 saturated carbocycles. The van der Waals surface area contributed by atoms with Gasteiger partial charge < -0.3 is 14.9 Å². The zero-order chi connectivity index (χ0) is 18.4. The number of nitrogens with one attached hydrogen (secondary N) is 1. The topological polar surface area (TPSA) is 78.8 Å². The maximum atomic E-state index is 12.3. The Bertz CT molecular complexity index is 724. The number of phenols is 1. The molecule has 0 aliphatic heterocycles. The third kappa shape index (κ3) is 5.86. The van der Waals surface area contributed by atoms with Crippen LogP contribution in [0.25, 0.3) is 0 Å². The van der Waals surface area contributed by atoms with E-state index in [-0.39, 0.29) is 18.3 Å². The molecule has 2 rings (SSSR count). The number of amides is 1. The minimum absolute atomic E-state index is 0.0277. The summed E-state index contributed by atoms with van der Waals surface area (Å²) in [5.41, 5.74) is 1.13. The summed E-state index contributed by atoms with van der Waals surface area (Å²) in [6, 6.07) is 12.3. The smallest absolute Gasteiger partial charge is 0.412 e. The summed E-state index contributed by atoms with van der Waals surface area (Å²) >= 11 is 5.47. The van der Waals surface area contributed by atoms with Crippen molar-refractivity contribution in [1.82, 2.24) is 0 Å². The van der Waals surface area contributed by atoms with E-state index in [0.29, 0.717) is 17.7 Å². The Morgan fingerprint density at radius 2 is 1.96 bits per heavy atom. The summed E-state index contributed by atoms with van der Waals surface area (Å²) in [4.78, 5) is 12.3. The van der Waals surface area contributed by atoms with Gasteiger partial charge in [0.25, 0.3) is 0 Å². The first-order valence-corrected chi connectivity index (χ1v) is 9.60. The van der Waals surface area contributed by atoms with Gasteiger partial charge in [0, 0.05) is 25.9 Å². The van der Waals surface area contributed by atoms with Crippen molar-refractivity contribution in [3.8, 4) is 5.75 Å². The van der Waals surface area contributed by atoms with E-state index < -0.39 is 12.2 Å². The van der Waals surface area contributed by atoms with E-state index >= 15 is 0 Å². The minimum atomic E-state index is -0.669. The number of rotatable bonds is 6. The summed E-state index contributed by atoms with van der Waals surface area (Å²) in [6.07, 6.45) is -0.839. The van der Waals surface area contributed by atoms with E-state index in [2.05, 4.69) is 43.8 Å². The van der Waals surface area contributed by atoms with Crippen molar-refractivity contribution < 1.29 is 19.7 Å². The number of halogens is 2. The third-order valence-electron chi connectivity index (χ3n) is 3.72. The summed E-state index contributed by atoms with van der Waals surface area (Å²) in [5, 5.41) is 22.1. The molecule has 25 heavy (non-hydrogen) atoms.